The van der Waals surface area contributed by atoms with E-state index in [-0.39, 0.29) is 17.3 Å². The largest absolute Gasteiger partial charge is 0.490 e. The minimum absolute atomic E-state index is 0.0667. The molecule has 0 amide bonds. The smallest absolute Gasteiger partial charge is 0.363 e. The number of hydrogen-bond donors (Lipinski definition) is 0. The maximum Gasteiger partial charge on any atom is 0.363 e. The Hall–Kier alpha value is -4.17. The van der Waals surface area contributed by atoms with Crippen molar-refractivity contribution in [1.82, 2.24) is 0 Å². The van der Waals surface area contributed by atoms with E-state index in [2.05, 4.69) is 20.9 Å². The molecule has 0 fully saturated rings. The molecule has 0 atom stereocenters. The number of carbonyl (C=O) groups is 2. The second kappa shape index (κ2) is 12.2. The second-order valence-electron chi connectivity index (χ2n) is 7.71. The number of ether oxygens (including phenoxy) is 4. The molecule has 4 rings (SSSR count). The molecule has 0 aromatic heterocycles. The molecule has 0 N–H and O–H groups in total. The van der Waals surface area contributed by atoms with Crippen molar-refractivity contribution < 1.29 is 28.5 Å². The van der Waals surface area contributed by atoms with Crippen LogP contribution in [0, 0.1) is 0 Å². The Balaban J connectivity index is 1.59. The Morgan fingerprint density at radius 1 is 0.946 bits per heavy atom. The topological polar surface area (TPSA) is 83.4 Å². The summed E-state index contributed by atoms with van der Waals surface area (Å²) >= 11 is 3.42. The van der Waals surface area contributed by atoms with Gasteiger partial charge in [-0.15, -0.1) is 0 Å². The van der Waals surface area contributed by atoms with Crippen LogP contribution in [-0.4, -0.2) is 31.1 Å². The highest BCUT2D eigenvalue weighted by Gasteiger charge is 2.26. The van der Waals surface area contributed by atoms with Crippen molar-refractivity contribution in [2.24, 2.45) is 4.99 Å². The van der Waals surface area contributed by atoms with Gasteiger partial charge in [-0.2, -0.15) is 0 Å². The fourth-order valence-corrected chi connectivity index (χ4v) is 3.84. The number of halogens is 1. The van der Waals surface area contributed by atoms with E-state index in [0.717, 1.165) is 10.0 Å². The first-order chi connectivity index (χ1) is 18.0. The molecule has 0 radical (unpaired) electrons. The zero-order valence-electron chi connectivity index (χ0n) is 20.3. The van der Waals surface area contributed by atoms with Gasteiger partial charge < -0.3 is 18.9 Å². The highest BCUT2D eigenvalue weighted by Crippen LogP contribution is 2.31. The normalized spacial score (nSPS) is 14.0. The fourth-order valence-electron chi connectivity index (χ4n) is 3.46. The molecular weight excluding hydrogens is 538 g/mol. The summed E-state index contributed by atoms with van der Waals surface area (Å²) < 4.78 is 22.9. The van der Waals surface area contributed by atoms with Gasteiger partial charge >= 0.3 is 11.9 Å². The van der Waals surface area contributed by atoms with Gasteiger partial charge in [0.15, 0.2) is 17.2 Å². The SMILES string of the molecule is CCOc1ccc(C2=N/C(=C\c3cc(Br)ccc3OC(=O)/C=C/c3ccccc3)C(=O)O2)cc1OCC. The third-order valence-corrected chi connectivity index (χ3v) is 5.59. The van der Waals surface area contributed by atoms with Crippen molar-refractivity contribution in [3.8, 4) is 17.2 Å². The minimum atomic E-state index is -0.622. The van der Waals surface area contributed by atoms with E-state index in [1.807, 2.05) is 44.2 Å². The number of carbonyl (C=O) groups excluding carboxylic acids is 2. The van der Waals surface area contributed by atoms with Gasteiger partial charge in [-0.1, -0.05) is 46.3 Å². The van der Waals surface area contributed by atoms with E-state index >= 15 is 0 Å². The van der Waals surface area contributed by atoms with Crippen molar-refractivity contribution in [3.05, 3.63) is 99.7 Å². The summed E-state index contributed by atoms with van der Waals surface area (Å²) in [6.45, 7) is 4.70. The van der Waals surface area contributed by atoms with Crippen molar-refractivity contribution in [3.63, 3.8) is 0 Å². The van der Waals surface area contributed by atoms with Crippen molar-refractivity contribution in [1.29, 1.82) is 0 Å². The Kier molecular flexibility index (Phi) is 8.53. The fraction of sp³-hybridized carbons (Fsp3) is 0.138. The second-order valence-corrected chi connectivity index (χ2v) is 8.63. The average molecular weight is 562 g/mol. The zero-order valence-corrected chi connectivity index (χ0v) is 21.9. The van der Waals surface area contributed by atoms with Crippen molar-refractivity contribution >= 4 is 45.9 Å². The molecule has 8 heteroatoms. The number of benzene rings is 3. The Morgan fingerprint density at radius 3 is 2.43 bits per heavy atom. The summed E-state index contributed by atoms with van der Waals surface area (Å²) in [5.74, 6) is 0.359. The first-order valence-corrected chi connectivity index (χ1v) is 12.4. The molecule has 37 heavy (non-hydrogen) atoms. The highest BCUT2D eigenvalue weighted by molar-refractivity contribution is 9.10. The maximum absolute atomic E-state index is 12.6. The van der Waals surface area contributed by atoms with Crippen molar-refractivity contribution in [2.75, 3.05) is 13.2 Å². The number of rotatable bonds is 9. The lowest BCUT2D eigenvalue weighted by atomic mass is 10.1. The summed E-state index contributed by atoms with van der Waals surface area (Å²) in [7, 11) is 0. The highest BCUT2D eigenvalue weighted by atomic mass is 79.9. The van der Waals surface area contributed by atoms with Gasteiger partial charge in [0.2, 0.25) is 5.90 Å². The Bertz CT molecular complexity index is 1390. The molecule has 7 nitrogen and oxygen atoms in total. The average Bonchev–Trinajstić information content (AvgIpc) is 3.26. The molecule has 188 valence electrons. The third-order valence-electron chi connectivity index (χ3n) is 5.10. The van der Waals surface area contributed by atoms with Crippen LogP contribution in [0.3, 0.4) is 0 Å². The quantitative estimate of drug-likeness (QED) is 0.175. The maximum atomic E-state index is 12.6. The summed E-state index contributed by atoms with van der Waals surface area (Å²) in [4.78, 5) is 29.4. The number of nitrogens with zero attached hydrogens (tertiary/aromatic N) is 1. The molecular formula is C29H24BrNO6. The van der Waals surface area contributed by atoms with Gasteiger partial charge in [0.1, 0.15) is 5.75 Å². The van der Waals surface area contributed by atoms with Crippen LogP contribution in [0.5, 0.6) is 17.2 Å². The van der Waals surface area contributed by atoms with E-state index in [0.29, 0.717) is 35.8 Å². The molecule has 1 heterocycles. The molecule has 0 saturated heterocycles. The Morgan fingerprint density at radius 2 is 1.68 bits per heavy atom. The predicted octanol–water partition coefficient (Wildman–Crippen LogP) is 6.21. The first-order valence-electron chi connectivity index (χ1n) is 11.6. The van der Waals surface area contributed by atoms with Crippen LogP contribution in [0.25, 0.3) is 12.2 Å². The molecule has 3 aromatic carbocycles. The summed E-state index contributed by atoms with van der Waals surface area (Å²) in [6.07, 6.45) is 4.52. The number of esters is 2. The van der Waals surface area contributed by atoms with E-state index in [1.54, 1.807) is 42.5 Å². The third kappa shape index (κ3) is 6.74. The summed E-state index contributed by atoms with van der Waals surface area (Å²) in [5, 5.41) is 0. The van der Waals surface area contributed by atoms with Crippen LogP contribution in [0.1, 0.15) is 30.5 Å². The molecule has 3 aromatic rings. The first kappa shape index (κ1) is 25.9. The van der Waals surface area contributed by atoms with Gasteiger partial charge in [-0.25, -0.2) is 14.6 Å². The van der Waals surface area contributed by atoms with E-state index in [1.165, 1.54) is 12.2 Å². The van der Waals surface area contributed by atoms with E-state index < -0.39 is 11.9 Å². The van der Waals surface area contributed by atoms with Crippen LogP contribution in [0.2, 0.25) is 0 Å². The van der Waals surface area contributed by atoms with E-state index in [4.69, 9.17) is 18.9 Å². The van der Waals surface area contributed by atoms with Crippen LogP contribution in [0.4, 0.5) is 0 Å². The summed E-state index contributed by atoms with van der Waals surface area (Å²) in [6, 6.07) is 19.7. The standard InChI is InChI=1S/C29H24BrNO6/c1-3-34-25-13-11-20(18-26(25)35-4-2)28-31-23(29(33)37-28)17-21-16-22(30)12-14-24(21)36-27(32)15-10-19-8-6-5-7-9-19/h5-18H,3-4H2,1-2H3/b15-10+,23-17-. The van der Waals surface area contributed by atoms with Crippen LogP contribution in [0.15, 0.2) is 88.0 Å². The summed E-state index contributed by atoms with van der Waals surface area (Å²) in [5.41, 5.74) is 1.98. The zero-order chi connectivity index (χ0) is 26.2. The van der Waals surface area contributed by atoms with Gasteiger partial charge in [0.05, 0.1) is 13.2 Å². The van der Waals surface area contributed by atoms with Gasteiger partial charge in [0, 0.05) is 21.7 Å². The monoisotopic (exact) mass is 561 g/mol. The lowest BCUT2D eigenvalue weighted by Gasteiger charge is -2.11. The lowest BCUT2D eigenvalue weighted by Crippen LogP contribution is -2.07. The van der Waals surface area contributed by atoms with Crippen LogP contribution < -0.4 is 14.2 Å². The van der Waals surface area contributed by atoms with Crippen LogP contribution in [-0.2, 0) is 14.3 Å². The minimum Gasteiger partial charge on any atom is -0.490 e. The Labute approximate surface area is 223 Å². The predicted molar refractivity (Wildman–Crippen MR) is 145 cm³/mol. The van der Waals surface area contributed by atoms with Gasteiger partial charge in [0.25, 0.3) is 0 Å². The molecule has 0 saturated carbocycles. The number of aliphatic imine (C=N–C) groups is 1. The van der Waals surface area contributed by atoms with Gasteiger partial charge in [-0.3, -0.25) is 0 Å². The number of hydrogen-bond acceptors (Lipinski definition) is 7. The van der Waals surface area contributed by atoms with Gasteiger partial charge in [-0.05, 0) is 68.0 Å². The molecule has 1 aliphatic heterocycles. The molecule has 0 aliphatic carbocycles. The molecule has 0 bridgehead atoms. The lowest BCUT2D eigenvalue weighted by molar-refractivity contribution is -0.130. The van der Waals surface area contributed by atoms with Crippen molar-refractivity contribution in [2.45, 2.75) is 13.8 Å². The molecule has 1 aliphatic rings. The van der Waals surface area contributed by atoms with E-state index in [9.17, 15) is 9.59 Å². The molecule has 0 spiro atoms. The van der Waals surface area contributed by atoms with Crippen LogP contribution >= 0.6 is 15.9 Å². The number of cyclic esters (lactones) is 1. The molecule has 0 unspecified atom stereocenters.